The van der Waals surface area contributed by atoms with Gasteiger partial charge in [0.05, 0.1) is 0 Å². The van der Waals surface area contributed by atoms with E-state index in [1.54, 1.807) is 6.20 Å². The fraction of sp³-hybridized carbons (Fsp3) is 0.100. The Morgan fingerprint density at radius 1 is 1.20 bits per heavy atom. The molecule has 0 saturated heterocycles. The lowest BCUT2D eigenvalue weighted by molar-refractivity contribution is 1.07. The number of aromatic amines is 1. The Labute approximate surface area is 101 Å². The summed E-state index contributed by atoms with van der Waals surface area (Å²) in [7, 11) is 0. The molecule has 0 aliphatic heterocycles. The number of halogens is 2. The second-order valence-electron chi connectivity index (χ2n) is 2.80. The number of rotatable bonds is 2. The summed E-state index contributed by atoms with van der Waals surface area (Å²) in [5.74, 6) is 0.876. The molecule has 0 aliphatic rings. The summed E-state index contributed by atoms with van der Waals surface area (Å²) in [5, 5.41) is 0. The smallest absolute Gasteiger partial charge is 0.137 e. The van der Waals surface area contributed by atoms with Crippen LogP contribution in [-0.4, -0.2) is 9.97 Å². The minimum Gasteiger partial charge on any atom is -0.345 e. The summed E-state index contributed by atoms with van der Waals surface area (Å²) in [6.45, 7) is 0.539. The lowest BCUT2D eigenvalue weighted by atomic mass is 10.1. The summed E-state index contributed by atoms with van der Waals surface area (Å²) in [6.07, 6.45) is 3.55. The van der Waals surface area contributed by atoms with E-state index in [0.29, 0.717) is 6.54 Å². The Morgan fingerprint density at radius 2 is 1.93 bits per heavy atom. The molecule has 1 aromatic heterocycles. The Hall–Kier alpha value is -1.03. The lowest BCUT2D eigenvalue weighted by Gasteiger charge is -2.03. The van der Waals surface area contributed by atoms with Crippen molar-refractivity contribution in [3.8, 4) is 11.4 Å². The first-order valence-electron chi connectivity index (χ1n) is 4.19. The zero-order valence-electron chi connectivity index (χ0n) is 8.01. The van der Waals surface area contributed by atoms with Gasteiger partial charge in [-0.1, -0.05) is 24.3 Å². The van der Waals surface area contributed by atoms with Gasteiger partial charge < -0.3 is 10.7 Å². The summed E-state index contributed by atoms with van der Waals surface area (Å²) in [5.41, 5.74) is 7.80. The number of H-pyrrole nitrogens is 1. The van der Waals surface area contributed by atoms with Gasteiger partial charge in [0.1, 0.15) is 5.82 Å². The molecule has 0 radical (unpaired) electrons. The summed E-state index contributed by atoms with van der Waals surface area (Å²) in [6, 6.07) is 7.99. The zero-order valence-corrected chi connectivity index (χ0v) is 9.65. The third-order valence-electron chi connectivity index (χ3n) is 1.99. The quantitative estimate of drug-likeness (QED) is 0.854. The molecule has 3 nitrogen and oxygen atoms in total. The predicted octanol–water partition coefficient (Wildman–Crippen LogP) is 2.38. The van der Waals surface area contributed by atoms with E-state index < -0.39 is 0 Å². The fourth-order valence-electron chi connectivity index (χ4n) is 1.34. The van der Waals surface area contributed by atoms with E-state index in [9.17, 15) is 0 Å². The Kier molecular flexibility index (Phi) is 6.01. The third-order valence-corrected chi connectivity index (χ3v) is 1.99. The molecule has 0 aliphatic carbocycles. The minimum atomic E-state index is 0. The molecule has 1 aromatic carbocycles. The van der Waals surface area contributed by atoms with E-state index in [1.807, 2.05) is 30.5 Å². The highest BCUT2D eigenvalue weighted by Gasteiger charge is 2.03. The Bertz CT molecular complexity index is 387. The highest BCUT2D eigenvalue weighted by molar-refractivity contribution is 5.85. The highest BCUT2D eigenvalue weighted by Crippen LogP contribution is 2.18. The fourth-order valence-corrected chi connectivity index (χ4v) is 1.34. The molecule has 0 saturated carbocycles. The van der Waals surface area contributed by atoms with Crippen LogP contribution in [0.3, 0.4) is 0 Å². The van der Waals surface area contributed by atoms with Crippen molar-refractivity contribution < 1.29 is 0 Å². The normalized spacial score (nSPS) is 8.87. The van der Waals surface area contributed by atoms with E-state index in [2.05, 4.69) is 9.97 Å². The van der Waals surface area contributed by atoms with E-state index in [4.69, 9.17) is 5.73 Å². The van der Waals surface area contributed by atoms with Gasteiger partial charge in [-0.2, -0.15) is 0 Å². The monoisotopic (exact) mass is 245 g/mol. The number of aromatic nitrogens is 2. The minimum absolute atomic E-state index is 0. The van der Waals surface area contributed by atoms with Crippen molar-refractivity contribution in [1.29, 1.82) is 0 Å². The molecule has 0 unspecified atom stereocenters. The first-order valence-corrected chi connectivity index (χ1v) is 4.19. The van der Waals surface area contributed by atoms with Gasteiger partial charge in [-0.3, -0.25) is 0 Å². The predicted molar refractivity (Wildman–Crippen MR) is 66.4 cm³/mol. The van der Waals surface area contributed by atoms with E-state index in [1.165, 1.54) is 0 Å². The number of hydrogen-bond acceptors (Lipinski definition) is 2. The summed E-state index contributed by atoms with van der Waals surface area (Å²) >= 11 is 0. The molecule has 0 spiro atoms. The second-order valence-corrected chi connectivity index (χ2v) is 2.80. The highest BCUT2D eigenvalue weighted by atomic mass is 35.5. The van der Waals surface area contributed by atoms with Crippen LogP contribution < -0.4 is 5.73 Å². The molecule has 0 atom stereocenters. The number of hydrogen-bond donors (Lipinski definition) is 2. The molecular weight excluding hydrogens is 233 g/mol. The van der Waals surface area contributed by atoms with Crippen molar-refractivity contribution in [2.24, 2.45) is 5.73 Å². The van der Waals surface area contributed by atoms with Gasteiger partial charge in [0.25, 0.3) is 0 Å². The van der Waals surface area contributed by atoms with Crippen LogP contribution in [0.1, 0.15) is 5.56 Å². The molecule has 0 bridgehead atoms. The SMILES string of the molecule is Cl.Cl.NCc1ccccc1-c1ncc[nH]1. The second kappa shape index (κ2) is 6.45. The Balaban J connectivity index is 0.000000980. The molecule has 3 N–H and O–H groups in total. The van der Waals surface area contributed by atoms with Gasteiger partial charge >= 0.3 is 0 Å². The maximum atomic E-state index is 5.62. The van der Waals surface area contributed by atoms with Crippen LogP contribution in [0.4, 0.5) is 0 Å². The van der Waals surface area contributed by atoms with Crippen LogP contribution in [0.15, 0.2) is 36.7 Å². The van der Waals surface area contributed by atoms with Gasteiger partial charge in [0, 0.05) is 24.5 Å². The molecule has 82 valence electrons. The maximum absolute atomic E-state index is 5.62. The summed E-state index contributed by atoms with van der Waals surface area (Å²) < 4.78 is 0. The van der Waals surface area contributed by atoms with Gasteiger partial charge in [0.2, 0.25) is 0 Å². The molecular formula is C10H13Cl2N3. The molecule has 0 fully saturated rings. The Morgan fingerprint density at radius 3 is 2.53 bits per heavy atom. The van der Waals surface area contributed by atoms with Crippen LogP contribution >= 0.6 is 24.8 Å². The first-order chi connectivity index (χ1) is 6.42. The molecule has 5 heteroatoms. The number of nitrogens with one attached hydrogen (secondary N) is 1. The molecule has 2 rings (SSSR count). The van der Waals surface area contributed by atoms with E-state index in [0.717, 1.165) is 17.0 Å². The van der Waals surface area contributed by atoms with Crippen LogP contribution in [0.5, 0.6) is 0 Å². The molecule has 2 aromatic rings. The van der Waals surface area contributed by atoms with Crippen molar-refractivity contribution in [2.45, 2.75) is 6.54 Å². The van der Waals surface area contributed by atoms with Crippen LogP contribution in [-0.2, 0) is 6.54 Å². The van der Waals surface area contributed by atoms with Crippen molar-refractivity contribution in [3.05, 3.63) is 42.2 Å². The third kappa shape index (κ3) is 2.96. The largest absolute Gasteiger partial charge is 0.345 e. The molecule has 15 heavy (non-hydrogen) atoms. The zero-order chi connectivity index (χ0) is 9.10. The molecule has 0 amide bonds. The van der Waals surface area contributed by atoms with Crippen molar-refractivity contribution in [3.63, 3.8) is 0 Å². The van der Waals surface area contributed by atoms with Crippen molar-refractivity contribution in [1.82, 2.24) is 9.97 Å². The number of nitrogens with two attached hydrogens (primary N) is 1. The van der Waals surface area contributed by atoms with Crippen LogP contribution in [0.25, 0.3) is 11.4 Å². The van der Waals surface area contributed by atoms with Gasteiger partial charge in [0.15, 0.2) is 0 Å². The van der Waals surface area contributed by atoms with Crippen molar-refractivity contribution >= 4 is 24.8 Å². The lowest BCUT2D eigenvalue weighted by Crippen LogP contribution is -1.98. The maximum Gasteiger partial charge on any atom is 0.137 e. The van der Waals surface area contributed by atoms with Crippen molar-refractivity contribution in [2.75, 3.05) is 0 Å². The summed E-state index contributed by atoms with van der Waals surface area (Å²) in [4.78, 5) is 7.25. The average Bonchev–Trinajstić information content (AvgIpc) is 2.70. The van der Waals surface area contributed by atoms with Gasteiger partial charge in [-0.25, -0.2) is 4.98 Å². The topological polar surface area (TPSA) is 54.7 Å². The number of nitrogens with zero attached hydrogens (tertiary/aromatic N) is 1. The molecule has 1 heterocycles. The average molecular weight is 246 g/mol. The first kappa shape index (κ1) is 14.0. The van der Waals surface area contributed by atoms with Crippen LogP contribution in [0, 0.1) is 0 Å². The van der Waals surface area contributed by atoms with E-state index >= 15 is 0 Å². The standard InChI is InChI=1S/C10H11N3.2ClH/c11-7-8-3-1-2-4-9(8)10-12-5-6-13-10;;/h1-6H,7,11H2,(H,12,13);2*1H. The number of benzene rings is 1. The van der Waals surface area contributed by atoms with Gasteiger partial charge in [-0.05, 0) is 5.56 Å². The van der Waals surface area contributed by atoms with Crippen LogP contribution in [0.2, 0.25) is 0 Å². The van der Waals surface area contributed by atoms with Gasteiger partial charge in [-0.15, -0.1) is 24.8 Å². The van der Waals surface area contributed by atoms with E-state index in [-0.39, 0.29) is 24.8 Å². The number of imidazole rings is 1.